The van der Waals surface area contributed by atoms with Crippen LogP contribution in [0.4, 0.5) is 0 Å². The number of benzene rings is 1. The van der Waals surface area contributed by atoms with Crippen LogP contribution in [0.5, 0.6) is 0 Å². The molecule has 0 bridgehead atoms. The summed E-state index contributed by atoms with van der Waals surface area (Å²) in [6, 6.07) is 4.33. The van der Waals surface area contributed by atoms with Crippen LogP contribution >= 0.6 is 0 Å². The van der Waals surface area contributed by atoms with Crippen molar-refractivity contribution in [3.05, 3.63) is 40.1 Å². The van der Waals surface area contributed by atoms with Crippen LogP contribution in [0, 0.1) is 13.8 Å². The highest BCUT2D eigenvalue weighted by atomic mass is 16.3. The molecule has 0 atom stereocenters. The van der Waals surface area contributed by atoms with Crippen LogP contribution in [0.3, 0.4) is 0 Å². The van der Waals surface area contributed by atoms with Crippen molar-refractivity contribution in [3.63, 3.8) is 0 Å². The molecule has 0 unspecified atom stereocenters. The Balaban J connectivity index is 2.28. The van der Waals surface area contributed by atoms with E-state index in [9.17, 15) is 5.11 Å². The molecule has 0 radical (unpaired) electrons. The van der Waals surface area contributed by atoms with Gasteiger partial charge < -0.3 is 5.11 Å². The molecular weight excluding hydrogens is 248 g/mol. The van der Waals surface area contributed by atoms with E-state index in [1.165, 1.54) is 22.4 Å². The third-order valence-electron chi connectivity index (χ3n) is 4.38. The van der Waals surface area contributed by atoms with E-state index in [0.29, 0.717) is 0 Å². The molecule has 0 spiro atoms. The van der Waals surface area contributed by atoms with E-state index in [-0.39, 0.29) is 6.61 Å². The van der Waals surface area contributed by atoms with Gasteiger partial charge in [-0.15, -0.1) is 0 Å². The quantitative estimate of drug-likeness (QED) is 0.911. The van der Waals surface area contributed by atoms with Crippen LogP contribution in [-0.2, 0) is 19.6 Å². The molecule has 0 aliphatic carbocycles. The molecule has 1 aromatic heterocycles. The average molecular weight is 270 g/mol. The minimum absolute atomic E-state index is 0.0990. The second-order valence-electron chi connectivity index (χ2n) is 5.77. The Labute approximate surface area is 120 Å². The predicted molar refractivity (Wildman–Crippen MR) is 81.8 cm³/mol. The lowest BCUT2D eigenvalue weighted by Gasteiger charge is -2.29. The highest BCUT2D eigenvalue weighted by Gasteiger charge is 2.21. The van der Waals surface area contributed by atoms with Crippen LogP contribution in [0.1, 0.15) is 34.9 Å². The minimum Gasteiger partial charge on any atom is -0.392 e. The van der Waals surface area contributed by atoms with Gasteiger partial charge in [-0.25, -0.2) is 0 Å². The minimum atomic E-state index is 0.0990. The fraction of sp³-hybridized carbons (Fsp3) is 0.471. The van der Waals surface area contributed by atoms with E-state index in [1.54, 1.807) is 0 Å². The van der Waals surface area contributed by atoms with Gasteiger partial charge in [0.1, 0.15) is 0 Å². The first kappa shape index (κ1) is 13.5. The smallest absolute Gasteiger partial charge is 0.0738 e. The van der Waals surface area contributed by atoms with Gasteiger partial charge >= 0.3 is 0 Å². The topological polar surface area (TPSA) is 36.4 Å². The summed E-state index contributed by atoms with van der Waals surface area (Å²) in [5.41, 5.74) is 7.00. The van der Waals surface area contributed by atoms with Crippen molar-refractivity contribution in [2.45, 2.75) is 40.3 Å². The van der Waals surface area contributed by atoms with E-state index in [0.717, 1.165) is 42.5 Å². The lowest BCUT2D eigenvalue weighted by molar-refractivity contribution is 0.252. The van der Waals surface area contributed by atoms with E-state index < -0.39 is 0 Å². The zero-order chi connectivity index (χ0) is 14.3. The van der Waals surface area contributed by atoms with Crippen LogP contribution in [0.25, 0.3) is 10.9 Å². The molecule has 1 N–H and O–H groups in total. The van der Waals surface area contributed by atoms with Crippen LogP contribution in [0.2, 0.25) is 0 Å². The molecular formula is C17H22N2O. The zero-order valence-electron chi connectivity index (χ0n) is 12.5. The Morgan fingerprint density at radius 3 is 2.80 bits per heavy atom. The highest BCUT2D eigenvalue weighted by molar-refractivity contribution is 5.87. The van der Waals surface area contributed by atoms with Gasteiger partial charge in [-0.05, 0) is 43.1 Å². The Hall–Kier alpha value is -1.45. The second kappa shape index (κ2) is 5.15. The molecule has 1 aliphatic heterocycles. The molecule has 0 saturated heterocycles. The van der Waals surface area contributed by atoms with Crippen molar-refractivity contribution in [3.8, 4) is 0 Å². The molecule has 2 aromatic rings. The van der Waals surface area contributed by atoms with E-state index >= 15 is 0 Å². The maximum Gasteiger partial charge on any atom is 0.0738 e. The van der Waals surface area contributed by atoms with Crippen molar-refractivity contribution >= 4 is 10.9 Å². The summed E-state index contributed by atoms with van der Waals surface area (Å²) in [5, 5.41) is 11.0. The van der Waals surface area contributed by atoms with Gasteiger partial charge in [-0.2, -0.15) is 0 Å². The fourth-order valence-corrected chi connectivity index (χ4v) is 3.29. The van der Waals surface area contributed by atoms with Gasteiger partial charge in [0.15, 0.2) is 0 Å². The number of aliphatic hydroxyl groups is 1. The van der Waals surface area contributed by atoms with Crippen LogP contribution in [0.15, 0.2) is 12.1 Å². The highest BCUT2D eigenvalue weighted by Crippen LogP contribution is 2.30. The van der Waals surface area contributed by atoms with Crippen molar-refractivity contribution in [2.75, 3.05) is 13.1 Å². The van der Waals surface area contributed by atoms with Crippen molar-refractivity contribution in [2.24, 2.45) is 0 Å². The van der Waals surface area contributed by atoms with Crippen LogP contribution < -0.4 is 0 Å². The standard InChI is InChI=1S/C17H22N2O/c1-4-19-6-5-16-14(9-19)15(10-20)13-8-11(2)7-12(3)17(13)18-16/h7-8,20H,4-6,9-10H2,1-3H3. The molecule has 3 nitrogen and oxygen atoms in total. The first-order valence-electron chi connectivity index (χ1n) is 7.38. The number of rotatable bonds is 2. The number of nitrogens with zero attached hydrogens (tertiary/aromatic N) is 2. The zero-order valence-corrected chi connectivity index (χ0v) is 12.5. The van der Waals surface area contributed by atoms with Gasteiger partial charge in [-0.1, -0.05) is 18.6 Å². The number of aromatic nitrogens is 1. The Kier molecular flexibility index (Phi) is 3.48. The molecule has 20 heavy (non-hydrogen) atoms. The van der Waals surface area contributed by atoms with E-state index in [2.05, 4.69) is 37.8 Å². The fourth-order valence-electron chi connectivity index (χ4n) is 3.29. The molecule has 1 aliphatic rings. The predicted octanol–water partition coefficient (Wildman–Crippen LogP) is 2.72. The number of fused-ring (bicyclic) bond motifs is 2. The van der Waals surface area contributed by atoms with E-state index in [4.69, 9.17) is 4.98 Å². The summed E-state index contributed by atoms with van der Waals surface area (Å²) in [6.45, 7) is 9.53. The summed E-state index contributed by atoms with van der Waals surface area (Å²) >= 11 is 0. The summed E-state index contributed by atoms with van der Waals surface area (Å²) in [4.78, 5) is 7.31. The number of pyridine rings is 1. The maximum absolute atomic E-state index is 9.89. The first-order chi connectivity index (χ1) is 9.63. The lowest BCUT2D eigenvalue weighted by Crippen LogP contribution is -2.31. The van der Waals surface area contributed by atoms with Crippen molar-refractivity contribution < 1.29 is 5.11 Å². The third kappa shape index (κ3) is 2.11. The van der Waals surface area contributed by atoms with Crippen LogP contribution in [-0.4, -0.2) is 28.1 Å². The number of aliphatic hydroxyl groups excluding tert-OH is 1. The largest absolute Gasteiger partial charge is 0.392 e. The molecule has 2 heterocycles. The summed E-state index contributed by atoms with van der Waals surface area (Å²) in [7, 11) is 0. The second-order valence-corrected chi connectivity index (χ2v) is 5.77. The Morgan fingerprint density at radius 2 is 2.10 bits per heavy atom. The molecule has 3 heteroatoms. The Bertz CT molecular complexity index is 664. The SMILES string of the molecule is CCN1CCc2nc3c(C)cc(C)cc3c(CO)c2C1. The molecule has 106 valence electrons. The van der Waals surface area contributed by atoms with Crippen molar-refractivity contribution in [1.29, 1.82) is 0 Å². The number of likely N-dealkylation sites (N-methyl/N-ethyl adjacent to an activating group) is 1. The monoisotopic (exact) mass is 270 g/mol. The summed E-state index contributed by atoms with van der Waals surface area (Å²) < 4.78 is 0. The van der Waals surface area contributed by atoms with Gasteiger partial charge in [0.05, 0.1) is 12.1 Å². The normalized spacial score (nSPS) is 15.6. The summed E-state index contributed by atoms with van der Waals surface area (Å²) in [6.07, 6.45) is 0.986. The first-order valence-corrected chi connectivity index (χ1v) is 7.38. The van der Waals surface area contributed by atoms with Gasteiger partial charge in [0.2, 0.25) is 0 Å². The van der Waals surface area contributed by atoms with E-state index in [1.807, 2.05) is 0 Å². The van der Waals surface area contributed by atoms with Gasteiger partial charge in [0, 0.05) is 30.6 Å². The molecule has 0 amide bonds. The summed E-state index contributed by atoms with van der Waals surface area (Å²) in [5.74, 6) is 0. The Morgan fingerprint density at radius 1 is 1.30 bits per heavy atom. The molecule has 0 saturated carbocycles. The molecule has 0 fully saturated rings. The molecule has 1 aromatic carbocycles. The van der Waals surface area contributed by atoms with Gasteiger partial charge in [-0.3, -0.25) is 9.88 Å². The number of hydrogen-bond donors (Lipinski definition) is 1. The maximum atomic E-state index is 9.89. The number of hydrogen-bond acceptors (Lipinski definition) is 3. The average Bonchev–Trinajstić information content (AvgIpc) is 2.44. The third-order valence-corrected chi connectivity index (χ3v) is 4.38. The van der Waals surface area contributed by atoms with Gasteiger partial charge in [0.25, 0.3) is 0 Å². The molecule has 3 rings (SSSR count). The number of aryl methyl sites for hydroxylation is 2. The lowest BCUT2D eigenvalue weighted by atomic mass is 9.94. The van der Waals surface area contributed by atoms with Crippen molar-refractivity contribution in [1.82, 2.24) is 9.88 Å².